The number of esters is 1. The predicted octanol–water partition coefficient (Wildman–Crippen LogP) is 3.74. The highest BCUT2D eigenvalue weighted by Crippen LogP contribution is 2.44. The molecule has 2 atom stereocenters. The molecule has 4 rings (SSSR count). The average molecular weight is 434 g/mol. The van der Waals surface area contributed by atoms with Crippen LogP contribution in [0.5, 0.6) is 5.75 Å². The van der Waals surface area contributed by atoms with Crippen molar-refractivity contribution in [1.29, 1.82) is 0 Å². The van der Waals surface area contributed by atoms with E-state index in [9.17, 15) is 14.7 Å². The third-order valence-corrected chi connectivity index (χ3v) is 5.84. The van der Waals surface area contributed by atoms with Crippen molar-refractivity contribution in [2.24, 2.45) is 0 Å². The van der Waals surface area contributed by atoms with Crippen LogP contribution in [0.15, 0.2) is 71.7 Å². The maximum atomic E-state index is 13.5. The van der Waals surface area contributed by atoms with E-state index in [2.05, 4.69) is 0 Å². The van der Waals surface area contributed by atoms with Gasteiger partial charge in [-0.05, 0) is 50.6 Å². The Balaban J connectivity index is 1.82. The quantitative estimate of drug-likeness (QED) is 0.621. The Morgan fingerprint density at radius 3 is 2.56 bits per heavy atom. The number of carbonyl (C=O) groups excluding carboxylic acids is 1. The zero-order valence-corrected chi connectivity index (χ0v) is 18.4. The molecule has 6 heteroatoms. The van der Waals surface area contributed by atoms with Crippen LogP contribution in [0.2, 0.25) is 0 Å². The SMILES string of the molecule is CCOC(=O)c1ccc2c(c1)C(c1cccn(Cc3ccccc3)c1=O)C(O)C(C)(C)O2. The molecule has 2 heterocycles. The fraction of sp³-hybridized carbons (Fsp3) is 0.308. The van der Waals surface area contributed by atoms with E-state index in [0.29, 0.717) is 29.0 Å². The second kappa shape index (κ2) is 8.63. The van der Waals surface area contributed by atoms with Gasteiger partial charge >= 0.3 is 5.97 Å². The number of pyridine rings is 1. The van der Waals surface area contributed by atoms with Crippen LogP contribution in [0.4, 0.5) is 0 Å². The Kier molecular flexibility index (Phi) is 5.89. The van der Waals surface area contributed by atoms with Gasteiger partial charge in [0.25, 0.3) is 5.56 Å². The molecule has 0 amide bonds. The minimum absolute atomic E-state index is 0.189. The molecule has 0 aliphatic carbocycles. The van der Waals surface area contributed by atoms with Crippen LogP contribution in [0.3, 0.4) is 0 Å². The summed E-state index contributed by atoms with van der Waals surface area (Å²) in [5.41, 5.74) is 1.30. The summed E-state index contributed by atoms with van der Waals surface area (Å²) < 4.78 is 12.8. The summed E-state index contributed by atoms with van der Waals surface area (Å²) in [6.07, 6.45) is 0.749. The van der Waals surface area contributed by atoms with Crippen LogP contribution < -0.4 is 10.3 Å². The van der Waals surface area contributed by atoms with E-state index in [1.54, 1.807) is 55.8 Å². The Morgan fingerprint density at radius 1 is 1.09 bits per heavy atom. The van der Waals surface area contributed by atoms with Gasteiger partial charge in [-0.25, -0.2) is 4.79 Å². The Hall–Kier alpha value is -3.38. The summed E-state index contributed by atoms with van der Waals surface area (Å²) in [6.45, 7) is 6.00. The molecule has 0 spiro atoms. The van der Waals surface area contributed by atoms with E-state index >= 15 is 0 Å². The largest absolute Gasteiger partial charge is 0.485 e. The predicted molar refractivity (Wildman–Crippen MR) is 121 cm³/mol. The van der Waals surface area contributed by atoms with Gasteiger partial charge in [0.15, 0.2) is 0 Å². The lowest BCUT2D eigenvalue weighted by molar-refractivity contribution is -0.0514. The van der Waals surface area contributed by atoms with Crippen LogP contribution in [-0.4, -0.2) is 34.0 Å². The van der Waals surface area contributed by atoms with Gasteiger partial charge in [-0.2, -0.15) is 0 Å². The number of hydrogen-bond donors (Lipinski definition) is 1. The lowest BCUT2D eigenvalue weighted by Crippen LogP contribution is -2.50. The summed E-state index contributed by atoms with van der Waals surface area (Å²) in [6, 6.07) is 18.3. The topological polar surface area (TPSA) is 77.8 Å². The van der Waals surface area contributed by atoms with E-state index in [1.165, 1.54) is 0 Å². The van der Waals surface area contributed by atoms with Gasteiger partial charge < -0.3 is 19.1 Å². The molecule has 1 aliphatic heterocycles. The number of fused-ring (bicyclic) bond motifs is 1. The summed E-state index contributed by atoms with van der Waals surface area (Å²) in [4.78, 5) is 25.8. The molecule has 166 valence electrons. The van der Waals surface area contributed by atoms with Gasteiger partial charge in [-0.15, -0.1) is 0 Å². The minimum Gasteiger partial charge on any atom is -0.485 e. The van der Waals surface area contributed by atoms with E-state index in [-0.39, 0.29) is 12.2 Å². The Bertz CT molecular complexity index is 1180. The number of rotatable bonds is 5. The first-order valence-electron chi connectivity index (χ1n) is 10.7. The number of benzene rings is 2. The summed E-state index contributed by atoms with van der Waals surface area (Å²) in [7, 11) is 0. The van der Waals surface area contributed by atoms with Crippen LogP contribution >= 0.6 is 0 Å². The maximum Gasteiger partial charge on any atom is 0.338 e. The fourth-order valence-corrected chi connectivity index (χ4v) is 4.18. The first-order valence-corrected chi connectivity index (χ1v) is 10.7. The number of aromatic nitrogens is 1. The van der Waals surface area contributed by atoms with Crippen LogP contribution in [0.25, 0.3) is 0 Å². The number of hydrogen-bond acceptors (Lipinski definition) is 5. The van der Waals surface area contributed by atoms with Crippen molar-refractivity contribution in [2.75, 3.05) is 6.61 Å². The van der Waals surface area contributed by atoms with Crippen molar-refractivity contribution in [2.45, 2.75) is 44.9 Å². The van der Waals surface area contributed by atoms with Crippen molar-refractivity contribution in [3.63, 3.8) is 0 Å². The first-order chi connectivity index (χ1) is 15.3. The molecule has 3 aromatic rings. The molecule has 0 radical (unpaired) electrons. The molecule has 0 fully saturated rings. The standard InChI is InChI=1S/C26H27NO5/c1-4-31-25(30)18-12-13-21-20(15-18)22(23(28)26(2,3)32-21)19-11-8-14-27(24(19)29)16-17-9-6-5-7-10-17/h5-15,22-23,28H,4,16H2,1-3H3. The molecule has 0 saturated heterocycles. The number of carbonyl (C=O) groups is 1. The molecular formula is C26H27NO5. The molecule has 1 aromatic heterocycles. The highest BCUT2D eigenvalue weighted by Gasteiger charge is 2.44. The van der Waals surface area contributed by atoms with Crippen molar-refractivity contribution in [1.82, 2.24) is 4.57 Å². The smallest absolute Gasteiger partial charge is 0.338 e. The molecule has 6 nitrogen and oxygen atoms in total. The van der Waals surface area contributed by atoms with Crippen molar-refractivity contribution < 1.29 is 19.4 Å². The summed E-state index contributed by atoms with van der Waals surface area (Å²) in [5, 5.41) is 11.2. The number of ether oxygens (including phenoxy) is 2. The average Bonchev–Trinajstić information content (AvgIpc) is 2.77. The monoisotopic (exact) mass is 433 g/mol. The van der Waals surface area contributed by atoms with Crippen LogP contribution in [0.1, 0.15) is 53.7 Å². The normalized spacial score (nSPS) is 19.0. The third kappa shape index (κ3) is 4.06. The van der Waals surface area contributed by atoms with Gasteiger partial charge in [0.2, 0.25) is 0 Å². The number of nitrogens with zero attached hydrogens (tertiary/aromatic N) is 1. The molecule has 0 saturated carbocycles. The van der Waals surface area contributed by atoms with Crippen LogP contribution in [0, 0.1) is 0 Å². The van der Waals surface area contributed by atoms with Crippen LogP contribution in [-0.2, 0) is 11.3 Å². The molecule has 2 unspecified atom stereocenters. The zero-order valence-electron chi connectivity index (χ0n) is 18.4. The van der Waals surface area contributed by atoms with E-state index in [1.807, 2.05) is 36.4 Å². The highest BCUT2D eigenvalue weighted by molar-refractivity contribution is 5.90. The van der Waals surface area contributed by atoms with Crippen molar-refractivity contribution >= 4 is 5.97 Å². The van der Waals surface area contributed by atoms with Gasteiger partial charge in [-0.3, -0.25) is 4.79 Å². The van der Waals surface area contributed by atoms with Crippen molar-refractivity contribution in [3.05, 3.63) is 99.5 Å². The van der Waals surface area contributed by atoms with Crippen molar-refractivity contribution in [3.8, 4) is 5.75 Å². The lowest BCUT2D eigenvalue weighted by Gasteiger charge is -2.42. The van der Waals surface area contributed by atoms with Gasteiger partial charge in [0.05, 0.1) is 18.7 Å². The summed E-state index contributed by atoms with van der Waals surface area (Å²) >= 11 is 0. The lowest BCUT2D eigenvalue weighted by atomic mass is 9.77. The molecule has 1 aliphatic rings. The second-order valence-corrected chi connectivity index (χ2v) is 8.48. The molecule has 32 heavy (non-hydrogen) atoms. The zero-order chi connectivity index (χ0) is 22.9. The third-order valence-electron chi connectivity index (χ3n) is 5.84. The Labute approximate surface area is 187 Å². The van der Waals surface area contributed by atoms with E-state index in [0.717, 1.165) is 5.56 Å². The molecular weight excluding hydrogens is 406 g/mol. The first kappa shape index (κ1) is 21.8. The second-order valence-electron chi connectivity index (χ2n) is 8.48. The van der Waals surface area contributed by atoms with Gasteiger partial charge in [-0.1, -0.05) is 36.4 Å². The highest BCUT2D eigenvalue weighted by atomic mass is 16.5. The molecule has 1 N–H and O–H groups in total. The van der Waals surface area contributed by atoms with E-state index < -0.39 is 23.6 Å². The minimum atomic E-state index is -0.993. The van der Waals surface area contributed by atoms with Gasteiger partial charge in [0.1, 0.15) is 17.5 Å². The molecule has 0 bridgehead atoms. The van der Waals surface area contributed by atoms with Gasteiger partial charge in [0, 0.05) is 23.2 Å². The number of aliphatic hydroxyl groups is 1. The van der Waals surface area contributed by atoms with E-state index in [4.69, 9.17) is 9.47 Å². The number of aliphatic hydroxyl groups excluding tert-OH is 1. The maximum absolute atomic E-state index is 13.5. The summed E-state index contributed by atoms with van der Waals surface area (Å²) in [5.74, 6) is -0.571. The molecule has 2 aromatic carbocycles. The fourth-order valence-electron chi connectivity index (χ4n) is 4.18. The Morgan fingerprint density at radius 2 is 1.84 bits per heavy atom.